The number of aliphatic carboxylic acids is 1. The molecule has 2 unspecified atom stereocenters. The fourth-order valence-electron chi connectivity index (χ4n) is 4.86. The minimum Gasteiger partial charge on any atom is -0.481 e. The molecule has 0 saturated carbocycles. The van der Waals surface area contributed by atoms with Crippen LogP contribution in [-0.4, -0.2) is 81.8 Å². The van der Waals surface area contributed by atoms with Crippen LogP contribution < -0.4 is 21.3 Å². The van der Waals surface area contributed by atoms with E-state index >= 15 is 0 Å². The van der Waals surface area contributed by atoms with Crippen LogP contribution in [0.4, 0.5) is 15.5 Å². The van der Waals surface area contributed by atoms with E-state index in [9.17, 15) is 29.1 Å². The largest absolute Gasteiger partial charge is 0.481 e. The SMILES string of the molecule is CC(C)(C)c1ccc(COC(=O)NC(CC(=O)O)NC(=O)C[N+]2(CCCNc3nc4ccccc4[nH]3)C(=O)CNC2=O)cc1. The number of urea groups is 1. The number of benzene rings is 2. The summed E-state index contributed by atoms with van der Waals surface area (Å²) in [5.74, 6) is -2.04. The van der Waals surface area contributed by atoms with Crippen molar-refractivity contribution in [3.05, 3.63) is 59.7 Å². The Balaban J connectivity index is 1.32. The van der Waals surface area contributed by atoms with Gasteiger partial charge in [-0.15, -0.1) is 0 Å². The molecule has 3 aromatic rings. The number of hydrogen-bond acceptors (Lipinski definition) is 8. The van der Waals surface area contributed by atoms with E-state index < -0.39 is 53.5 Å². The van der Waals surface area contributed by atoms with Crippen LogP contribution in [0.25, 0.3) is 11.0 Å². The molecule has 234 valence electrons. The third-order valence-corrected chi connectivity index (χ3v) is 7.26. The molecular weight excluding hydrogens is 570 g/mol. The van der Waals surface area contributed by atoms with Crippen LogP contribution in [-0.2, 0) is 31.1 Å². The molecular formula is C30H38N7O7+. The molecule has 1 aromatic heterocycles. The highest BCUT2D eigenvalue weighted by Crippen LogP contribution is 2.22. The third-order valence-electron chi connectivity index (χ3n) is 7.26. The Morgan fingerprint density at radius 1 is 1.07 bits per heavy atom. The molecule has 1 saturated heterocycles. The van der Waals surface area contributed by atoms with E-state index in [1.165, 1.54) is 0 Å². The van der Waals surface area contributed by atoms with Crippen LogP contribution in [0, 0.1) is 0 Å². The van der Waals surface area contributed by atoms with Crippen LogP contribution in [0.3, 0.4) is 0 Å². The Morgan fingerprint density at radius 3 is 2.43 bits per heavy atom. The number of carboxylic acids is 1. The number of aromatic amines is 1. The van der Waals surface area contributed by atoms with Gasteiger partial charge in [0.1, 0.15) is 19.3 Å². The second kappa shape index (κ2) is 13.5. The average molecular weight is 609 g/mol. The Hall–Kier alpha value is -4.98. The van der Waals surface area contributed by atoms with E-state index in [-0.39, 0.29) is 25.1 Å². The molecule has 1 aliphatic rings. The highest BCUT2D eigenvalue weighted by molar-refractivity contribution is 5.95. The minimum absolute atomic E-state index is 0.0123. The standard InChI is InChI=1S/C30H37N7O7/c1-30(2,3)20-11-9-19(10-12-20)18-44-29(43)36-23(15-26(40)41)35-24(38)17-37(25(39)16-32-28(37)42)14-6-13-31-27-33-21-7-4-5-8-22(21)34-27/h4-5,7-12,23H,6,13-18H2,1-3H3,(H5-,31,32,33,34,35,36,38,40,41,42,43)/p+1. The zero-order valence-corrected chi connectivity index (χ0v) is 24.9. The lowest BCUT2D eigenvalue weighted by atomic mass is 9.87. The van der Waals surface area contributed by atoms with Crippen molar-refractivity contribution in [2.24, 2.45) is 0 Å². The highest BCUT2D eigenvalue weighted by Gasteiger charge is 2.51. The number of imide groups is 1. The average Bonchev–Trinajstić information content (AvgIpc) is 3.49. The molecule has 6 N–H and O–H groups in total. The van der Waals surface area contributed by atoms with Crippen LogP contribution in [0.1, 0.15) is 44.7 Å². The van der Waals surface area contributed by atoms with Crippen molar-refractivity contribution in [1.82, 2.24) is 25.9 Å². The summed E-state index contributed by atoms with van der Waals surface area (Å²) >= 11 is 0. The number of H-pyrrole nitrogens is 1. The second-order valence-electron chi connectivity index (χ2n) is 11.7. The van der Waals surface area contributed by atoms with Gasteiger partial charge < -0.3 is 30.8 Å². The molecule has 14 heteroatoms. The number of imidazole rings is 1. The monoisotopic (exact) mass is 608 g/mol. The van der Waals surface area contributed by atoms with Gasteiger partial charge in [0.25, 0.3) is 5.91 Å². The molecule has 0 aliphatic carbocycles. The number of carbonyl (C=O) groups excluding carboxylic acids is 4. The summed E-state index contributed by atoms with van der Waals surface area (Å²) in [5.41, 5.74) is 3.45. The number of ether oxygens (including phenoxy) is 1. The zero-order chi connectivity index (χ0) is 31.9. The first-order chi connectivity index (χ1) is 20.9. The number of carboxylic acid groups (broad SMARTS) is 1. The number of anilines is 1. The van der Waals surface area contributed by atoms with Gasteiger partial charge in [0.2, 0.25) is 5.95 Å². The third kappa shape index (κ3) is 8.10. The molecule has 5 amide bonds. The van der Waals surface area contributed by atoms with Gasteiger partial charge in [-0.1, -0.05) is 57.2 Å². The van der Waals surface area contributed by atoms with Gasteiger partial charge in [-0.2, -0.15) is 4.48 Å². The topological polar surface area (TPSA) is 192 Å². The summed E-state index contributed by atoms with van der Waals surface area (Å²) in [7, 11) is 0. The van der Waals surface area contributed by atoms with Crippen molar-refractivity contribution in [1.29, 1.82) is 0 Å². The molecule has 2 aromatic carbocycles. The second-order valence-corrected chi connectivity index (χ2v) is 11.7. The fourth-order valence-corrected chi connectivity index (χ4v) is 4.86. The van der Waals surface area contributed by atoms with Gasteiger partial charge in [0.15, 0.2) is 6.54 Å². The predicted molar refractivity (Wildman–Crippen MR) is 160 cm³/mol. The van der Waals surface area contributed by atoms with Gasteiger partial charge in [-0.05, 0) is 28.7 Å². The normalized spacial score (nSPS) is 17.2. The highest BCUT2D eigenvalue weighted by atomic mass is 16.5. The van der Waals surface area contributed by atoms with Crippen molar-refractivity contribution >= 4 is 46.9 Å². The first kappa shape index (κ1) is 31.9. The fraction of sp³-hybridized carbons (Fsp3) is 0.400. The quantitative estimate of drug-likeness (QED) is 0.0732. The molecule has 0 spiro atoms. The van der Waals surface area contributed by atoms with Crippen LogP contribution in [0.15, 0.2) is 48.5 Å². The van der Waals surface area contributed by atoms with Gasteiger partial charge in [0.05, 0.1) is 24.0 Å². The number of aromatic nitrogens is 2. The van der Waals surface area contributed by atoms with Gasteiger partial charge >= 0.3 is 24.0 Å². The first-order valence-electron chi connectivity index (χ1n) is 14.3. The lowest BCUT2D eigenvalue weighted by Crippen LogP contribution is -2.60. The van der Waals surface area contributed by atoms with Crippen LogP contribution in [0.2, 0.25) is 0 Å². The molecule has 0 radical (unpaired) electrons. The molecule has 44 heavy (non-hydrogen) atoms. The van der Waals surface area contributed by atoms with Gasteiger partial charge in [-0.3, -0.25) is 14.9 Å². The summed E-state index contributed by atoms with van der Waals surface area (Å²) in [4.78, 5) is 70.1. The summed E-state index contributed by atoms with van der Waals surface area (Å²) < 4.78 is 4.44. The van der Waals surface area contributed by atoms with E-state index in [0.717, 1.165) is 22.2 Å². The first-order valence-corrected chi connectivity index (χ1v) is 14.3. The molecule has 1 aliphatic heterocycles. The van der Waals surface area contributed by atoms with E-state index in [0.29, 0.717) is 18.9 Å². The maximum absolute atomic E-state index is 13.0. The number of carbonyl (C=O) groups is 5. The summed E-state index contributed by atoms with van der Waals surface area (Å²) in [6, 6.07) is 14.4. The smallest absolute Gasteiger partial charge is 0.425 e. The van der Waals surface area contributed by atoms with E-state index in [1.54, 1.807) is 0 Å². The Labute approximate surface area is 254 Å². The summed E-state index contributed by atoms with van der Waals surface area (Å²) in [5, 5.41) is 19.7. The maximum atomic E-state index is 13.0. The Kier molecular flexibility index (Phi) is 9.83. The number of amides is 5. The van der Waals surface area contributed by atoms with Crippen LogP contribution >= 0.6 is 0 Å². The molecule has 4 rings (SSSR count). The zero-order valence-electron chi connectivity index (χ0n) is 24.9. The number of rotatable bonds is 13. The summed E-state index contributed by atoms with van der Waals surface area (Å²) in [6.07, 6.45) is -2.59. The van der Waals surface area contributed by atoms with Crippen molar-refractivity contribution in [3.63, 3.8) is 0 Å². The lowest BCUT2D eigenvalue weighted by molar-refractivity contribution is -0.758. The number of alkyl carbamates (subject to hydrolysis) is 1. The number of para-hydroxylation sites is 2. The van der Waals surface area contributed by atoms with E-state index in [1.807, 2.05) is 48.5 Å². The molecule has 0 bridgehead atoms. The molecule has 2 atom stereocenters. The number of quaternary nitrogens is 1. The molecule has 14 nitrogen and oxygen atoms in total. The Bertz CT molecular complexity index is 1480. The summed E-state index contributed by atoms with van der Waals surface area (Å²) in [6.45, 7) is 5.75. The van der Waals surface area contributed by atoms with E-state index in [2.05, 4.69) is 52.0 Å². The van der Waals surface area contributed by atoms with Crippen LogP contribution in [0.5, 0.6) is 0 Å². The van der Waals surface area contributed by atoms with Crippen molar-refractivity contribution in [2.45, 2.75) is 51.8 Å². The van der Waals surface area contributed by atoms with Crippen molar-refractivity contribution in [2.75, 3.05) is 31.5 Å². The number of fused-ring (bicyclic) bond motifs is 1. The predicted octanol–water partition coefficient (Wildman–Crippen LogP) is 2.57. The van der Waals surface area contributed by atoms with Gasteiger partial charge in [-0.25, -0.2) is 19.4 Å². The maximum Gasteiger partial charge on any atom is 0.425 e. The number of hydrogen-bond donors (Lipinski definition) is 6. The molecule has 1 fully saturated rings. The number of nitrogens with zero attached hydrogens (tertiary/aromatic N) is 2. The Morgan fingerprint density at radius 2 is 1.80 bits per heavy atom. The minimum atomic E-state index is -1.34. The van der Waals surface area contributed by atoms with Crippen molar-refractivity contribution in [3.8, 4) is 0 Å². The molecule has 2 heterocycles. The van der Waals surface area contributed by atoms with Crippen molar-refractivity contribution < 1.29 is 38.3 Å². The van der Waals surface area contributed by atoms with E-state index in [4.69, 9.17) is 4.74 Å². The lowest BCUT2D eigenvalue weighted by Gasteiger charge is -2.27. The van der Waals surface area contributed by atoms with Gasteiger partial charge in [0, 0.05) is 13.0 Å². The number of nitrogens with one attached hydrogen (secondary N) is 5.